The highest BCUT2D eigenvalue weighted by Crippen LogP contribution is 2.25. The summed E-state index contributed by atoms with van der Waals surface area (Å²) in [5.74, 6) is -1.11. The molecule has 8 heteroatoms. The molecule has 1 amide bonds. The molecular weight excluding hydrogens is 354 g/mol. The van der Waals surface area contributed by atoms with Crippen molar-refractivity contribution in [3.05, 3.63) is 48.0 Å². The molecule has 6 nitrogen and oxygen atoms in total. The Morgan fingerprint density at radius 2 is 2.15 bits per heavy atom. The van der Waals surface area contributed by atoms with Crippen LogP contribution in [-0.4, -0.2) is 53.6 Å². The molecule has 1 aliphatic heterocycles. The van der Waals surface area contributed by atoms with Gasteiger partial charge in [-0.15, -0.1) is 0 Å². The van der Waals surface area contributed by atoms with Gasteiger partial charge in [-0.3, -0.25) is 4.79 Å². The topological polar surface area (TPSA) is 70.2 Å². The second-order valence-electron chi connectivity index (χ2n) is 6.55. The molecule has 0 spiro atoms. The van der Waals surface area contributed by atoms with Gasteiger partial charge < -0.3 is 19.9 Å². The van der Waals surface area contributed by atoms with E-state index in [1.165, 1.54) is 0 Å². The Kier molecular flexibility index (Phi) is 4.59. The highest BCUT2D eigenvalue weighted by atomic mass is 19.1. The molecule has 1 unspecified atom stereocenters. The number of hydrogen-bond acceptors (Lipinski definition) is 4. The van der Waals surface area contributed by atoms with E-state index in [1.807, 2.05) is 11.9 Å². The van der Waals surface area contributed by atoms with E-state index >= 15 is 0 Å². The fourth-order valence-corrected chi connectivity index (χ4v) is 3.05. The van der Waals surface area contributed by atoms with Crippen LogP contribution in [0.1, 0.15) is 0 Å². The molecule has 0 radical (unpaired) electrons. The van der Waals surface area contributed by atoms with Gasteiger partial charge in [-0.25, -0.2) is 13.8 Å². The molecule has 2 N–H and O–H groups in total. The van der Waals surface area contributed by atoms with Gasteiger partial charge in [-0.1, -0.05) is 0 Å². The first-order valence-corrected chi connectivity index (χ1v) is 8.56. The summed E-state index contributed by atoms with van der Waals surface area (Å²) in [5.41, 5.74) is 1.81. The smallest absolute Gasteiger partial charge is 0.254 e. The number of rotatable bonds is 3. The number of carbonyl (C=O) groups excluding carboxylic acids is 1. The van der Waals surface area contributed by atoms with Crippen LogP contribution in [-0.2, 0) is 9.53 Å². The third kappa shape index (κ3) is 3.67. The predicted molar refractivity (Wildman–Crippen MR) is 97.3 cm³/mol. The molecular formula is C19H18F2N4O2. The van der Waals surface area contributed by atoms with Gasteiger partial charge in [-0.05, 0) is 43.4 Å². The van der Waals surface area contributed by atoms with Crippen molar-refractivity contribution in [2.45, 2.75) is 6.10 Å². The first kappa shape index (κ1) is 17.6. The van der Waals surface area contributed by atoms with Gasteiger partial charge in [0.15, 0.2) is 0 Å². The van der Waals surface area contributed by atoms with Gasteiger partial charge in [0.1, 0.15) is 23.6 Å². The van der Waals surface area contributed by atoms with E-state index in [-0.39, 0.29) is 17.3 Å². The van der Waals surface area contributed by atoms with Gasteiger partial charge in [0.05, 0.1) is 23.2 Å². The molecule has 2 aromatic carbocycles. The largest absolute Gasteiger partial charge is 0.366 e. The third-order valence-electron chi connectivity index (χ3n) is 4.49. The Morgan fingerprint density at radius 1 is 1.30 bits per heavy atom. The fraction of sp³-hybridized carbons (Fsp3) is 0.263. The van der Waals surface area contributed by atoms with Crippen molar-refractivity contribution in [3.8, 4) is 11.4 Å². The Balaban J connectivity index is 1.57. The maximum Gasteiger partial charge on any atom is 0.254 e. The van der Waals surface area contributed by atoms with Crippen LogP contribution >= 0.6 is 0 Å². The number of carbonyl (C=O) groups is 1. The number of amides is 1. The second-order valence-corrected chi connectivity index (χ2v) is 6.55. The number of H-pyrrole nitrogens is 1. The SMILES string of the molecule is CN1CCOC(C(=O)Nc2ccc3nc(-c4cc(F)ccc4F)[nH]c3c2)C1. The Bertz CT molecular complexity index is 1000. The van der Waals surface area contributed by atoms with Crippen LogP contribution in [0.3, 0.4) is 0 Å². The summed E-state index contributed by atoms with van der Waals surface area (Å²) >= 11 is 0. The number of likely N-dealkylation sites (N-methyl/N-ethyl adjacent to an activating group) is 1. The Labute approximate surface area is 154 Å². The van der Waals surface area contributed by atoms with Crippen molar-refractivity contribution in [1.82, 2.24) is 14.9 Å². The average Bonchev–Trinajstić information content (AvgIpc) is 3.07. The number of halogens is 2. The van der Waals surface area contributed by atoms with E-state index in [4.69, 9.17) is 4.74 Å². The lowest BCUT2D eigenvalue weighted by molar-refractivity contribution is -0.132. The van der Waals surface area contributed by atoms with Crippen molar-refractivity contribution in [2.75, 3.05) is 32.1 Å². The maximum absolute atomic E-state index is 14.0. The monoisotopic (exact) mass is 372 g/mol. The highest BCUT2D eigenvalue weighted by molar-refractivity contribution is 5.96. The van der Waals surface area contributed by atoms with Crippen LogP contribution in [0.2, 0.25) is 0 Å². The number of nitrogens with zero attached hydrogens (tertiary/aromatic N) is 2. The van der Waals surface area contributed by atoms with Gasteiger partial charge in [0.25, 0.3) is 5.91 Å². The summed E-state index contributed by atoms with van der Waals surface area (Å²) in [4.78, 5) is 21.7. The molecule has 1 aromatic heterocycles. The number of aromatic nitrogens is 2. The minimum absolute atomic E-state index is 0.0513. The van der Waals surface area contributed by atoms with Crippen molar-refractivity contribution in [2.24, 2.45) is 0 Å². The molecule has 140 valence electrons. The van der Waals surface area contributed by atoms with Crippen molar-refractivity contribution < 1.29 is 18.3 Å². The van der Waals surface area contributed by atoms with Gasteiger partial charge in [-0.2, -0.15) is 0 Å². The zero-order valence-corrected chi connectivity index (χ0v) is 14.6. The van der Waals surface area contributed by atoms with E-state index < -0.39 is 17.7 Å². The second kappa shape index (κ2) is 7.05. The van der Waals surface area contributed by atoms with Gasteiger partial charge >= 0.3 is 0 Å². The van der Waals surface area contributed by atoms with Crippen LogP contribution in [0.15, 0.2) is 36.4 Å². The summed E-state index contributed by atoms with van der Waals surface area (Å²) in [7, 11) is 1.94. The zero-order valence-electron chi connectivity index (χ0n) is 14.6. The number of fused-ring (bicyclic) bond motifs is 1. The molecule has 4 rings (SSSR count). The van der Waals surface area contributed by atoms with Crippen LogP contribution in [0, 0.1) is 11.6 Å². The lowest BCUT2D eigenvalue weighted by Gasteiger charge is -2.29. The van der Waals surface area contributed by atoms with E-state index in [1.54, 1.807) is 18.2 Å². The number of imidazole rings is 1. The number of anilines is 1. The number of aromatic amines is 1. The normalized spacial score (nSPS) is 18.0. The number of benzene rings is 2. The quantitative estimate of drug-likeness (QED) is 0.742. The van der Waals surface area contributed by atoms with E-state index in [0.717, 1.165) is 24.7 Å². The predicted octanol–water partition coefficient (Wildman–Crippen LogP) is 2.78. The summed E-state index contributed by atoms with van der Waals surface area (Å²) in [6.07, 6.45) is -0.529. The molecule has 0 bridgehead atoms. The van der Waals surface area contributed by atoms with Crippen LogP contribution < -0.4 is 5.32 Å². The minimum Gasteiger partial charge on any atom is -0.366 e. The van der Waals surface area contributed by atoms with E-state index in [0.29, 0.717) is 29.9 Å². The zero-order chi connectivity index (χ0) is 19.0. The molecule has 0 saturated carbocycles. The number of nitrogens with one attached hydrogen (secondary N) is 2. The fourth-order valence-electron chi connectivity index (χ4n) is 3.05. The van der Waals surface area contributed by atoms with E-state index in [2.05, 4.69) is 15.3 Å². The molecule has 1 aliphatic rings. The van der Waals surface area contributed by atoms with Crippen molar-refractivity contribution in [3.63, 3.8) is 0 Å². The standard InChI is InChI=1S/C19H18F2N4O2/c1-25-6-7-27-17(10-25)19(26)22-12-3-5-15-16(9-12)24-18(23-15)13-8-11(20)2-4-14(13)21/h2-5,8-9,17H,6-7,10H2,1H3,(H,22,26)(H,23,24). The van der Waals surface area contributed by atoms with Gasteiger partial charge in [0.2, 0.25) is 0 Å². The Hall–Kier alpha value is -2.84. The molecule has 1 saturated heterocycles. The van der Waals surface area contributed by atoms with Crippen molar-refractivity contribution >= 4 is 22.6 Å². The van der Waals surface area contributed by atoms with Crippen LogP contribution in [0.25, 0.3) is 22.4 Å². The van der Waals surface area contributed by atoms with Crippen molar-refractivity contribution in [1.29, 1.82) is 0 Å². The van der Waals surface area contributed by atoms with Gasteiger partial charge in [0, 0.05) is 18.8 Å². The molecule has 2 heterocycles. The summed E-state index contributed by atoms with van der Waals surface area (Å²) in [6, 6.07) is 8.32. The molecule has 1 fully saturated rings. The average molecular weight is 372 g/mol. The first-order chi connectivity index (χ1) is 13.0. The van der Waals surface area contributed by atoms with Crippen LogP contribution in [0.4, 0.5) is 14.5 Å². The number of morpholine rings is 1. The first-order valence-electron chi connectivity index (χ1n) is 8.56. The molecule has 3 aromatic rings. The summed E-state index contributed by atoms with van der Waals surface area (Å²) in [6.45, 7) is 1.83. The Morgan fingerprint density at radius 3 is 2.96 bits per heavy atom. The third-order valence-corrected chi connectivity index (χ3v) is 4.49. The minimum atomic E-state index is -0.567. The van der Waals surface area contributed by atoms with Crippen LogP contribution in [0.5, 0.6) is 0 Å². The number of hydrogen-bond donors (Lipinski definition) is 2. The molecule has 0 aliphatic carbocycles. The molecule has 1 atom stereocenters. The maximum atomic E-state index is 14.0. The lowest BCUT2D eigenvalue weighted by Crippen LogP contribution is -2.46. The molecule has 27 heavy (non-hydrogen) atoms. The number of ether oxygens (including phenoxy) is 1. The summed E-state index contributed by atoms with van der Waals surface area (Å²) < 4.78 is 32.9. The highest BCUT2D eigenvalue weighted by Gasteiger charge is 2.25. The summed E-state index contributed by atoms with van der Waals surface area (Å²) in [5, 5.41) is 2.82. The van der Waals surface area contributed by atoms with E-state index in [9.17, 15) is 13.6 Å². The lowest BCUT2D eigenvalue weighted by atomic mass is 10.2.